The smallest absolute Gasteiger partial charge is 0.107 e. The predicted molar refractivity (Wildman–Crippen MR) is 60.1 cm³/mol. The number of nitrogens with zero attached hydrogens (tertiary/aromatic N) is 1. The van der Waals surface area contributed by atoms with Crippen LogP contribution in [0.3, 0.4) is 0 Å². The minimum absolute atomic E-state index is 0.508. The third-order valence-electron chi connectivity index (χ3n) is 1.88. The number of rotatable bonds is 1. The van der Waals surface area contributed by atoms with Gasteiger partial charge in [0.25, 0.3) is 0 Å². The van der Waals surface area contributed by atoms with Crippen LogP contribution in [-0.4, -0.2) is 4.98 Å². The van der Waals surface area contributed by atoms with E-state index in [9.17, 15) is 0 Å². The van der Waals surface area contributed by atoms with Gasteiger partial charge in [0.1, 0.15) is 5.01 Å². The van der Waals surface area contributed by atoms with E-state index in [1.165, 1.54) is 4.70 Å². The normalized spacial score (nSPS) is 9.86. The third kappa shape index (κ3) is 1.63. The first-order chi connectivity index (χ1) is 6.83. The van der Waals surface area contributed by atoms with Crippen LogP contribution < -0.4 is 5.73 Å². The Bertz CT molecular complexity index is 517. The Morgan fingerprint density at radius 2 is 2.36 bits per heavy atom. The summed E-state index contributed by atoms with van der Waals surface area (Å²) >= 11 is 1.64. The van der Waals surface area contributed by atoms with E-state index in [1.54, 1.807) is 11.3 Å². The van der Waals surface area contributed by atoms with Gasteiger partial charge in [-0.1, -0.05) is 5.92 Å². The van der Waals surface area contributed by atoms with Gasteiger partial charge in [-0.3, -0.25) is 0 Å². The fourth-order valence-electron chi connectivity index (χ4n) is 1.28. The SMILES string of the molecule is CC#Cc1ccc2sc(CN)nc2c1. The molecular formula is C11H10N2S. The zero-order valence-electron chi connectivity index (χ0n) is 7.87. The summed E-state index contributed by atoms with van der Waals surface area (Å²) in [5, 5.41) is 0.974. The Hall–Kier alpha value is -1.37. The van der Waals surface area contributed by atoms with Crippen molar-refractivity contribution in [2.24, 2.45) is 5.73 Å². The van der Waals surface area contributed by atoms with Gasteiger partial charge in [-0.25, -0.2) is 4.98 Å². The van der Waals surface area contributed by atoms with Crippen molar-refractivity contribution >= 4 is 21.6 Å². The van der Waals surface area contributed by atoms with Gasteiger partial charge in [-0.05, 0) is 25.1 Å². The molecule has 0 atom stereocenters. The lowest BCUT2D eigenvalue weighted by molar-refractivity contribution is 1.05. The number of aromatic nitrogens is 1. The molecule has 70 valence electrons. The molecule has 2 rings (SSSR count). The molecule has 2 aromatic rings. The highest BCUT2D eigenvalue weighted by molar-refractivity contribution is 7.18. The lowest BCUT2D eigenvalue weighted by Gasteiger charge is -1.88. The average Bonchev–Trinajstić information content (AvgIpc) is 2.60. The molecule has 2 N–H and O–H groups in total. The molecule has 0 spiro atoms. The zero-order chi connectivity index (χ0) is 9.97. The van der Waals surface area contributed by atoms with Crippen LogP contribution in [0.15, 0.2) is 18.2 Å². The van der Waals surface area contributed by atoms with E-state index in [4.69, 9.17) is 5.73 Å². The summed E-state index contributed by atoms with van der Waals surface area (Å²) in [5.74, 6) is 5.88. The van der Waals surface area contributed by atoms with E-state index in [-0.39, 0.29) is 0 Å². The highest BCUT2D eigenvalue weighted by atomic mass is 32.1. The van der Waals surface area contributed by atoms with Crippen molar-refractivity contribution in [2.75, 3.05) is 0 Å². The van der Waals surface area contributed by atoms with Crippen molar-refractivity contribution in [3.05, 3.63) is 28.8 Å². The van der Waals surface area contributed by atoms with Gasteiger partial charge in [-0.2, -0.15) is 0 Å². The minimum Gasteiger partial charge on any atom is -0.325 e. The van der Waals surface area contributed by atoms with E-state index in [1.807, 2.05) is 25.1 Å². The van der Waals surface area contributed by atoms with Crippen molar-refractivity contribution in [3.8, 4) is 11.8 Å². The van der Waals surface area contributed by atoms with Gasteiger partial charge in [0.05, 0.1) is 10.2 Å². The van der Waals surface area contributed by atoms with Gasteiger partial charge >= 0.3 is 0 Å². The first kappa shape index (κ1) is 9.20. The average molecular weight is 202 g/mol. The fourth-order valence-corrected chi connectivity index (χ4v) is 2.11. The topological polar surface area (TPSA) is 38.9 Å². The lowest BCUT2D eigenvalue weighted by Crippen LogP contribution is -1.93. The maximum atomic E-state index is 5.53. The summed E-state index contributed by atoms with van der Waals surface area (Å²) in [5.41, 5.74) is 7.53. The Morgan fingerprint density at radius 3 is 3.07 bits per heavy atom. The maximum absolute atomic E-state index is 5.53. The van der Waals surface area contributed by atoms with Gasteiger partial charge in [-0.15, -0.1) is 17.3 Å². The maximum Gasteiger partial charge on any atom is 0.107 e. The van der Waals surface area contributed by atoms with Gasteiger partial charge in [0, 0.05) is 12.1 Å². The van der Waals surface area contributed by atoms with Crippen LogP contribution in [0.4, 0.5) is 0 Å². The van der Waals surface area contributed by atoms with Crippen molar-refractivity contribution in [1.29, 1.82) is 0 Å². The molecule has 0 amide bonds. The van der Waals surface area contributed by atoms with Gasteiger partial charge < -0.3 is 5.73 Å². The van der Waals surface area contributed by atoms with Crippen LogP contribution in [0.2, 0.25) is 0 Å². The first-order valence-corrected chi connectivity index (χ1v) is 5.17. The predicted octanol–water partition coefficient (Wildman–Crippen LogP) is 2.13. The van der Waals surface area contributed by atoms with E-state index < -0.39 is 0 Å². The third-order valence-corrected chi connectivity index (χ3v) is 2.93. The van der Waals surface area contributed by atoms with Crippen molar-refractivity contribution in [3.63, 3.8) is 0 Å². The molecule has 0 aliphatic rings. The molecule has 1 heterocycles. The van der Waals surface area contributed by atoms with E-state index in [2.05, 4.69) is 16.8 Å². The highest BCUT2D eigenvalue weighted by Crippen LogP contribution is 2.22. The molecule has 14 heavy (non-hydrogen) atoms. The van der Waals surface area contributed by atoms with Crippen LogP contribution >= 0.6 is 11.3 Å². The molecule has 3 heteroatoms. The molecule has 0 fully saturated rings. The number of hydrogen-bond donors (Lipinski definition) is 1. The summed E-state index contributed by atoms with van der Waals surface area (Å²) in [6.45, 7) is 2.34. The van der Waals surface area contributed by atoms with Gasteiger partial charge in [0.15, 0.2) is 0 Å². The molecule has 0 aliphatic heterocycles. The van der Waals surface area contributed by atoms with Crippen molar-refractivity contribution < 1.29 is 0 Å². The first-order valence-electron chi connectivity index (χ1n) is 4.36. The van der Waals surface area contributed by atoms with E-state index in [0.717, 1.165) is 16.1 Å². The van der Waals surface area contributed by atoms with Crippen molar-refractivity contribution in [1.82, 2.24) is 4.98 Å². The van der Waals surface area contributed by atoms with Crippen LogP contribution in [-0.2, 0) is 6.54 Å². The quantitative estimate of drug-likeness (QED) is 0.719. The van der Waals surface area contributed by atoms with Crippen LogP contribution in [0.1, 0.15) is 17.5 Å². The van der Waals surface area contributed by atoms with Crippen LogP contribution in [0.5, 0.6) is 0 Å². The lowest BCUT2D eigenvalue weighted by atomic mass is 10.2. The molecule has 2 nitrogen and oxygen atoms in total. The Balaban J connectivity index is 2.57. The zero-order valence-corrected chi connectivity index (χ0v) is 8.69. The summed E-state index contributed by atoms with van der Waals surface area (Å²) in [6, 6.07) is 6.06. The molecule has 0 bridgehead atoms. The van der Waals surface area contributed by atoms with E-state index in [0.29, 0.717) is 6.54 Å². The summed E-state index contributed by atoms with van der Waals surface area (Å²) in [4.78, 5) is 4.40. The standard InChI is InChI=1S/C11H10N2S/c1-2-3-8-4-5-10-9(6-8)13-11(7-12)14-10/h4-6H,7,12H2,1H3. The number of benzene rings is 1. The van der Waals surface area contributed by atoms with Crippen molar-refractivity contribution in [2.45, 2.75) is 13.5 Å². The number of hydrogen-bond acceptors (Lipinski definition) is 3. The number of nitrogens with two attached hydrogens (primary N) is 1. The Kier molecular flexibility index (Phi) is 2.49. The van der Waals surface area contributed by atoms with Gasteiger partial charge in [0.2, 0.25) is 0 Å². The second kappa shape index (κ2) is 3.79. The van der Waals surface area contributed by atoms with Crippen LogP contribution in [0.25, 0.3) is 10.2 Å². The second-order valence-corrected chi connectivity index (χ2v) is 3.98. The molecule has 0 saturated carbocycles. The minimum atomic E-state index is 0.508. The molecule has 0 radical (unpaired) electrons. The largest absolute Gasteiger partial charge is 0.325 e. The fraction of sp³-hybridized carbons (Fsp3) is 0.182. The summed E-state index contributed by atoms with van der Waals surface area (Å²) < 4.78 is 1.17. The molecule has 0 saturated heterocycles. The van der Waals surface area contributed by atoms with Crippen LogP contribution in [0, 0.1) is 11.8 Å². The number of fused-ring (bicyclic) bond motifs is 1. The Morgan fingerprint density at radius 1 is 1.50 bits per heavy atom. The highest BCUT2D eigenvalue weighted by Gasteiger charge is 2.01. The number of thiazole rings is 1. The molecular weight excluding hydrogens is 192 g/mol. The molecule has 1 aromatic heterocycles. The summed E-state index contributed by atoms with van der Waals surface area (Å²) in [6.07, 6.45) is 0. The summed E-state index contributed by atoms with van der Waals surface area (Å²) in [7, 11) is 0. The molecule has 1 aromatic carbocycles. The molecule has 0 unspecified atom stereocenters. The second-order valence-electron chi connectivity index (χ2n) is 2.87. The Labute approximate surface area is 86.8 Å². The molecule has 0 aliphatic carbocycles. The monoisotopic (exact) mass is 202 g/mol. The van der Waals surface area contributed by atoms with E-state index >= 15 is 0 Å².